The Morgan fingerprint density at radius 2 is 1.77 bits per heavy atom. The molecule has 0 unspecified atom stereocenters. The number of rotatable bonds is 0. The highest BCUT2D eigenvalue weighted by Gasteiger charge is 2.34. The van der Waals surface area contributed by atoms with E-state index in [0.717, 1.165) is 19.3 Å². The summed E-state index contributed by atoms with van der Waals surface area (Å²) in [5, 5.41) is 0. The molecule has 0 atom stereocenters. The molecular weight excluding hydrogens is 160 g/mol. The van der Waals surface area contributed by atoms with Crippen molar-refractivity contribution in [3.05, 3.63) is 11.1 Å². The Hall–Kier alpha value is -0.590. The van der Waals surface area contributed by atoms with Gasteiger partial charge in [-0.1, -0.05) is 19.4 Å². The Labute approximate surface area is 80.2 Å². The molecule has 72 valence electrons. The van der Waals surface area contributed by atoms with Gasteiger partial charge in [0.05, 0.1) is 0 Å². The van der Waals surface area contributed by atoms with Gasteiger partial charge in [0.15, 0.2) is 5.78 Å². The summed E-state index contributed by atoms with van der Waals surface area (Å²) in [7, 11) is 0. The second-order valence-corrected chi connectivity index (χ2v) is 4.97. The fraction of sp³-hybridized carbons (Fsp3) is 0.750. The minimum atomic E-state index is 0.309. The lowest BCUT2D eigenvalue weighted by molar-refractivity contribution is -0.117. The maximum atomic E-state index is 11.7. The smallest absolute Gasteiger partial charge is 0.158 e. The highest BCUT2D eigenvalue weighted by molar-refractivity contribution is 5.97. The predicted molar refractivity (Wildman–Crippen MR) is 53.5 cm³/mol. The summed E-state index contributed by atoms with van der Waals surface area (Å²) in [6.45, 7) is 4.58. The number of hydrogen-bond donors (Lipinski definition) is 0. The van der Waals surface area contributed by atoms with Gasteiger partial charge in [0.1, 0.15) is 0 Å². The lowest BCUT2D eigenvalue weighted by Crippen LogP contribution is -2.27. The molecule has 0 amide bonds. The van der Waals surface area contributed by atoms with Crippen molar-refractivity contribution in [2.75, 3.05) is 0 Å². The van der Waals surface area contributed by atoms with Gasteiger partial charge in [0, 0.05) is 6.42 Å². The standard InChI is InChI=1S/C12H18O/c1-12(2)8-7-11(13)9-5-3-4-6-10(9)12/h3-8H2,1-2H3. The average Bonchev–Trinajstić information content (AvgIpc) is 2.13. The van der Waals surface area contributed by atoms with Gasteiger partial charge in [-0.15, -0.1) is 0 Å². The molecule has 0 aromatic rings. The molecule has 0 radical (unpaired) electrons. The summed E-state index contributed by atoms with van der Waals surface area (Å²) in [6, 6.07) is 0. The summed E-state index contributed by atoms with van der Waals surface area (Å²) in [4.78, 5) is 11.7. The zero-order valence-electron chi connectivity index (χ0n) is 8.65. The van der Waals surface area contributed by atoms with Gasteiger partial charge in [-0.2, -0.15) is 0 Å². The molecule has 13 heavy (non-hydrogen) atoms. The Morgan fingerprint density at radius 1 is 1.08 bits per heavy atom. The van der Waals surface area contributed by atoms with Crippen LogP contribution < -0.4 is 0 Å². The Morgan fingerprint density at radius 3 is 2.46 bits per heavy atom. The van der Waals surface area contributed by atoms with E-state index in [1.165, 1.54) is 30.4 Å². The lowest BCUT2D eigenvalue weighted by atomic mass is 9.67. The van der Waals surface area contributed by atoms with Crippen molar-refractivity contribution in [2.45, 2.75) is 52.4 Å². The van der Waals surface area contributed by atoms with Crippen molar-refractivity contribution >= 4 is 5.78 Å². The summed E-state index contributed by atoms with van der Waals surface area (Å²) < 4.78 is 0. The van der Waals surface area contributed by atoms with Crippen molar-refractivity contribution in [1.29, 1.82) is 0 Å². The van der Waals surface area contributed by atoms with Crippen LogP contribution in [0.2, 0.25) is 0 Å². The van der Waals surface area contributed by atoms with Gasteiger partial charge >= 0.3 is 0 Å². The highest BCUT2D eigenvalue weighted by Crippen LogP contribution is 2.44. The highest BCUT2D eigenvalue weighted by atomic mass is 16.1. The Bertz CT molecular complexity index is 271. The normalized spacial score (nSPS) is 27.4. The molecule has 0 aromatic carbocycles. The number of Topliss-reactive ketones (excluding diaryl/α,β-unsaturated/α-hetero) is 1. The first-order chi connectivity index (χ1) is 6.11. The van der Waals surface area contributed by atoms with Crippen LogP contribution in [-0.2, 0) is 4.79 Å². The molecule has 0 N–H and O–H groups in total. The Kier molecular flexibility index (Phi) is 2.05. The van der Waals surface area contributed by atoms with Gasteiger partial charge in [0.25, 0.3) is 0 Å². The minimum Gasteiger partial charge on any atom is -0.295 e. The van der Waals surface area contributed by atoms with E-state index >= 15 is 0 Å². The molecule has 0 saturated carbocycles. The topological polar surface area (TPSA) is 17.1 Å². The molecule has 1 nitrogen and oxygen atoms in total. The zero-order chi connectivity index (χ0) is 9.47. The van der Waals surface area contributed by atoms with E-state index in [4.69, 9.17) is 0 Å². The van der Waals surface area contributed by atoms with Crippen molar-refractivity contribution in [3.63, 3.8) is 0 Å². The summed E-state index contributed by atoms with van der Waals surface area (Å²) in [5.41, 5.74) is 2.99. The summed E-state index contributed by atoms with van der Waals surface area (Å²) in [5.74, 6) is 0.439. The zero-order valence-corrected chi connectivity index (χ0v) is 8.65. The van der Waals surface area contributed by atoms with Gasteiger partial charge < -0.3 is 0 Å². The SMILES string of the molecule is CC1(C)CCC(=O)C2=C1CCCC2. The number of allylic oxidation sites excluding steroid dienone is 2. The fourth-order valence-electron chi connectivity index (χ4n) is 2.69. The van der Waals surface area contributed by atoms with Crippen molar-refractivity contribution < 1.29 is 4.79 Å². The van der Waals surface area contributed by atoms with E-state index in [9.17, 15) is 4.79 Å². The number of ketones is 1. The lowest BCUT2D eigenvalue weighted by Gasteiger charge is -2.37. The maximum Gasteiger partial charge on any atom is 0.158 e. The van der Waals surface area contributed by atoms with Crippen LogP contribution in [0.25, 0.3) is 0 Å². The first-order valence-electron chi connectivity index (χ1n) is 5.37. The van der Waals surface area contributed by atoms with Crippen molar-refractivity contribution in [2.24, 2.45) is 5.41 Å². The van der Waals surface area contributed by atoms with E-state index in [2.05, 4.69) is 13.8 Å². The minimum absolute atomic E-state index is 0.309. The molecule has 0 aliphatic heterocycles. The molecule has 1 heteroatoms. The largest absolute Gasteiger partial charge is 0.295 e. The molecule has 0 bridgehead atoms. The molecule has 2 aliphatic rings. The number of carbonyl (C=O) groups excluding carboxylic acids is 1. The van der Waals surface area contributed by atoms with Crippen molar-refractivity contribution in [1.82, 2.24) is 0 Å². The third-order valence-electron chi connectivity index (χ3n) is 3.60. The van der Waals surface area contributed by atoms with Gasteiger partial charge in [-0.05, 0) is 43.1 Å². The van der Waals surface area contributed by atoms with Gasteiger partial charge in [-0.25, -0.2) is 0 Å². The number of hydrogen-bond acceptors (Lipinski definition) is 1. The Balaban J connectivity index is 2.41. The molecule has 0 heterocycles. The van der Waals surface area contributed by atoms with Crippen LogP contribution in [-0.4, -0.2) is 5.78 Å². The van der Waals surface area contributed by atoms with Crippen LogP contribution in [0.3, 0.4) is 0 Å². The van der Waals surface area contributed by atoms with Gasteiger partial charge in [0.2, 0.25) is 0 Å². The van der Waals surface area contributed by atoms with Gasteiger partial charge in [-0.3, -0.25) is 4.79 Å². The average molecular weight is 178 g/mol. The molecule has 2 rings (SSSR count). The van der Waals surface area contributed by atoms with Crippen LogP contribution in [0, 0.1) is 5.41 Å². The molecule has 0 aromatic heterocycles. The molecule has 0 spiro atoms. The maximum absolute atomic E-state index is 11.7. The third kappa shape index (κ3) is 1.45. The summed E-state index contributed by atoms with van der Waals surface area (Å²) in [6.07, 6.45) is 6.58. The molecule has 0 fully saturated rings. The third-order valence-corrected chi connectivity index (χ3v) is 3.60. The first-order valence-corrected chi connectivity index (χ1v) is 5.37. The number of carbonyl (C=O) groups is 1. The quantitative estimate of drug-likeness (QED) is 0.556. The molecule has 2 aliphatic carbocycles. The molecule has 0 saturated heterocycles. The van der Waals surface area contributed by atoms with Crippen LogP contribution in [0.1, 0.15) is 52.4 Å². The molecular formula is C12H18O. The van der Waals surface area contributed by atoms with Crippen LogP contribution in [0.5, 0.6) is 0 Å². The van der Waals surface area contributed by atoms with E-state index < -0.39 is 0 Å². The van der Waals surface area contributed by atoms with Crippen LogP contribution in [0.15, 0.2) is 11.1 Å². The van der Waals surface area contributed by atoms with Crippen LogP contribution in [0.4, 0.5) is 0 Å². The van der Waals surface area contributed by atoms with E-state index in [0.29, 0.717) is 11.2 Å². The van der Waals surface area contributed by atoms with Crippen molar-refractivity contribution in [3.8, 4) is 0 Å². The second kappa shape index (κ2) is 2.97. The van der Waals surface area contributed by atoms with E-state index in [1.807, 2.05) is 0 Å². The fourth-order valence-corrected chi connectivity index (χ4v) is 2.69. The van der Waals surface area contributed by atoms with Crippen LogP contribution >= 0.6 is 0 Å². The summed E-state index contributed by atoms with van der Waals surface area (Å²) >= 11 is 0. The van der Waals surface area contributed by atoms with E-state index in [-0.39, 0.29) is 0 Å². The second-order valence-electron chi connectivity index (χ2n) is 4.97. The predicted octanol–water partition coefficient (Wildman–Crippen LogP) is 3.25. The monoisotopic (exact) mass is 178 g/mol. The first kappa shape index (κ1) is 8.98. The van der Waals surface area contributed by atoms with E-state index in [1.54, 1.807) is 0 Å².